The third-order valence-corrected chi connectivity index (χ3v) is 5.64. The molecule has 5 rings (SSSR count). The Hall–Kier alpha value is -3.85. The Balaban J connectivity index is 1.27. The molecule has 0 atom stereocenters. The Morgan fingerprint density at radius 2 is 1.73 bits per heavy atom. The van der Waals surface area contributed by atoms with E-state index in [2.05, 4.69) is 15.0 Å². The smallest absolute Gasteiger partial charge is 0.260 e. The molecule has 0 saturated carbocycles. The number of rotatable bonds is 5. The van der Waals surface area contributed by atoms with Crippen LogP contribution in [0.4, 0.5) is 11.8 Å². The standard InChI is InChI=1S/C23H21ClN6O3/c24-16-6-8-17(9-7-16)32-14-18(31)29-10-12-30(13-11-29)20-19-22(28-23(25)27-20)33-21(26-19)15-4-2-1-3-5-15/h1-9H,10-14H2,(H2,25,27,28). The number of piperazine rings is 1. The maximum atomic E-state index is 12.6. The van der Waals surface area contributed by atoms with Crippen LogP contribution in [0.3, 0.4) is 0 Å². The van der Waals surface area contributed by atoms with Crippen LogP contribution in [-0.4, -0.2) is 58.5 Å². The summed E-state index contributed by atoms with van der Waals surface area (Å²) in [5, 5.41) is 0.618. The minimum atomic E-state index is -0.0789. The molecule has 3 heterocycles. The molecule has 0 radical (unpaired) electrons. The number of carbonyl (C=O) groups is 1. The Bertz CT molecular complexity index is 1270. The van der Waals surface area contributed by atoms with Crippen LogP contribution < -0.4 is 15.4 Å². The third-order valence-electron chi connectivity index (χ3n) is 5.39. The van der Waals surface area contributed by atoms with Gasteiger partial charge in [0.05, 0.1) is 0 Å². The summed E-state index contributed by atoms with van der Waals surface area (Å²) in [5.41, 5.74) is 7.67. The van der Waals surface area contributed by atoms with Crippen molar-refractivity contribution in [1.29, 1.82) is 0 Å². The molecule has 1 amide bonds. The van der Waals surface area contributed by atoms with Crippen molar-refractivity contribution < 1.29 is 13.9 Å². The van der Waals surface area contributed by atoms with E-state index in [1.807, 2.05) is 35.2 Å². The summed E-state index contributed by atoms with van der Waals surface area (Å²) in [5.74, 6) is 1.70. The fourth-order valence-electron chi connectivity index (χ4n) is 3.68. The van der Waals surface area contributed by atoms with Crippen molar-refractivity contribution in [2.24, 2.45) is 0 Å². The molecule has 1 fully saturated rings. The molecule has 4 aromatic rings. The largest absolute Gasteiger partial charge is 0.484 e. The molecule has 0 bridgehead atoms. The predicted molar refractivity (Wildman–Crippen MR) is 125 cm³/mol. The highest BCUT2D eigenvalue weighted by atomic mass is 35.5. The first-order valence-corrected chi connectivity index (χ1v) is 10.9. The van der Waals surface area contributed by atoms with Crippen LogP contribution in [0.1, 0.15) is 0 Å². The topological polar surface area (TPSA) is 111 Å². The van der Waals surface area contributed by atoms with E-state index in [0.29, 0.717) is 59.9 Å². The van der Waals surface area contributed by atoms with E-state index >= 15 is 0 Å². The second-order valence-electron chi connectivity index (χ2n) is 7.55. The predicted octanol–water partition coefficient (Wildman–Crippen LogP) is 3.25. The van der Waals surface area contributed by atoms with Gasteiger partial charge in [-0.15, -0.1) is 0 Å². The van der Waals surface area contributed by atoms with Crippen molar-refractivity contribution in [1.82, 2.24) is 19.9 Å². The number of hydrogen-bond donors (Lipinski definition) is 1. The average Bonchev–Trinajstić information content (AvgIpc) is 3.28. The minimum Gasteiger partial charge on any atom is -0.484 e. The fourth-order valence-corrected chi connectivity index (χ4v) is 3.81. The van der Waals surface area contributed by atoms with Gasteiger partial charge in [0.1, 0.15) is 5.75 Å². The molecule has 1 aliphatic rings. The molecule has 2 aromatic carbocycles. The molecule has 0 spiro atoms. The lowest BCUT2D eigenvalue weighted by Crippen LogP contribution is -2.50. The van der Waals surface area contributed by atoms with Gasteiger partial charge in [-0.1, -0.05) is 29.8 Å². The Labute approximate surface area is 194 Å². The number of nitrogens with two attached hydrogens (primary N) is 1. The normalized spacial score (nSPS) is 14.0. The van der Waals surface area contributed by atoms with Crippen molar-refractivity contribution >= 4 is 40.5 Å². The number of anilines is 2. The highest BCUT2D eigenvalue weighted by molar-refractivity contribution is 6.30. The SMILES string of the molecule is Nc1nc(N2CCN(C(=O)COc3ccc(Cl)cc3)CC2)c2nc(-c3ccccc3)oc2n1. The number of fused-ring (bicyclic) bond motifs is 1. The second-order valence-corrected chi connectivity index (χ2v) is 7.99. The first-order valence-electron chi connectivity index (χ1n) is 10.5. The monoisotopic (exact) mass is 464 g/mol. The summed E-state index contributed by atoms with van der Waals surface area (Å²) in [6.07, 6.45) is 0. The third kappa shape index (κ3) is 4.54. The number of amides is 1. The number of hydrogen-bond acceptors (Lipinski definition) is 8. The summed E-state index contributed by atoms with van der Waals surface area (Å²) >= 11 is 5.88. The molecule has 10 heteroatoms. The zero-order valence-corrected chi connectivity index (χ0v) is 18.4. The highest BCUT2D eigenvalue weighted by Gasteiger charge is 2.26. The number of aromatic nitrogens is 3. The summed E-state index contributed by atoms with van der Waals surface area (Å²) in [4.78, 5) is 29.6. The van der Waals surface area contributed by atoms with E-state index in [1.165, 1.54) is 0 Å². The van der Waals surface area contributed by atoms with Crippen LogP contribution in [0.5, 0.6) is 5.75 Å². The van der Waals surface area contributed by atoms with E-state index in [9.17, 15) is 4.79 Å². The van der Waals surface area contributed by atoms with Crippen molar-refractivity contribution in [3.8, 4) is 17.2 Å². The Morgan fingerprint density at radius 3 is 2.45 bits per heavy atom. The van der Waals surface area contributed by atoms with E-state index in [-0.39, 0.29) is 18.5 Å². The van der Waals surface area contributed by atoms with Gasteiger partial charge in [0, 0.05) is 36.8 Å². The number of nitrogen functional groups attached to an aromatic ring is 1. The van der Waals surface area contributed by atoms with Crippen LogP contribution >= 0.6 is 11.6 Å². The molecule has 0 unspecified atom stereocenters. The average molecular weight is 465 g/mol. The number of halogens is 1. The van der Waals surface area contributed by atoms with E-state index in [0.717, 1.165) is 5.56 Å². The molecule has 0 aliphatic carbocycles. The van der Waals surface area contributed by atoms with Gasteiger partial charge in [-0.2, -0.15) is 9.97 Å². The summed E-state index contributed by atoms with van der Waals surface area (Å²) in [6.45, 7) is 2.17. The van der Waals surface area contributed by atoms with Crippen LogP contribution in [0.2, 0.25) is 5.02 Å². The van der Waals surface area contributed by atoms with Gasteiger partial charge in [-0.05, 0) is 36.4 Å². The Kier molecular flexibility index (Phi) is 5.70. The van der Waals surface area contributed by atoms with Crippen molar-refractivity contribution in [2.45, 2.75) is 0 Å². The van der Waals surface area contributed by atoms with Gasteiger partial charge in [-0.25, -0.2) is 4.98 Å². The van der Waals surface area contributed by atoms with E-state index in [4.69, 9.17) is 26.5 Å². The zero-order valence-electron chi connectivity index (χ0n) is 17.6. The lowest BCUT2D eigenvalue weighted by atomic mass is 10.2. The lowest BCUT2D eigenvalue weighted by molar-refractivity contribution is -0.133. The number of ether oxygens (including phenoxy) is 1. The molecular weight excluding hydrogens is 444 g/mol. The van der Waals surface area contributed by atoms with E-state index < -0.39 is 0 Å². The van der Waals surface area contributed by atoms with Gasteiger partial charge in [0.2, 0.25) is 11.8 Å². The second kappa shape index (κ2) is 8.95. The minimum absolute atomic E-state index is 0.0317. The molecular formula is C23H21ClN6O3. The first-order chi connectivity index (χ1) is 16.1. The van der Waals surface area contributed by atoms with Crippen LogP contribution in [-0.2, 0) is 4.79 Å². The fraction of sp³-hybridized carbons (Fsp3) is 0.217. The van der Waals surface area contributed by atoms with Gasteiger partial charge >= 0.3 is 0 Å². The molecule has 33 heavy (non-hydrogen) atoms. The maximum Gasteiger partial charge on any atom is 0.260 e. The van der Waals surface area contributed by atoms with Crippen LogP contribution in [0.15, 0.2) is 59.0 Å². The number of benzene rings is 2. The molecule has 1 aliphatic heterocycles. The number of carbonyl (C=O) groups excluding carboxylic acids is 1. The van der Waals surface area contributed by atoms with Gasteiger partial charge < -0.3 is 24.7 Å². The van der Waals surface area contributed by atoms with E-state index in [1.54, 1.807) is 29.2 Å². The molecule has 2 N–H and O–H groups in total. The van der Waals surface area contributed by atoms with Crippen LogP contribution in [0, 0.1) is 0 Å². The number of oxazole rings is 1. The lowest BCUT2D eigenvalue weighted by Gasteiger charge is -2.35. The zero-order chi connectivity index (χ0) is 22.8. The van der Waals surface area contributed by atoms with Crippen molar-refractivity contribution in [3.63, 3.8) is 0 Å². The Morgan fingerprint density at radius 1 is 1.00 bits per heavy atom. The van der Waals surface area contributed by atoms with Gasteiger partial charge in [0.15, 0.2) is 17.9 Å². The highest BCUT2D eigenvalue weighted by Crippen LogP contribution is 2.29. The van der Waals surface area contributed by atoms with Crippen molar-refractivity contribution in [3.05, 3.63) is 59.6 Å². The molecule has 2 aromatic heterocycles. The summed E-state index contributed by atoms with van der Waals surface area (Å²) in [6, 6.07) is 16.5. The first kappa shape index (κ1) is 21.0. The summed E-state index contributed by atoms with van der Waals surface area (Å²) < 4.78 is 11.4. The van der Waals surface area contributed by atoms with Crippen LogP contribution in [0.25, 0.3) is 22.7 Å². The summed E-state index contributed by atoms with van der Waals surface area (Å²) in [7, 11) is 0. The van der Waals surface area contributed by atoms with Crippen molar-refractivity contribution in [2.75, 3.05) is 43.4 Å². The quantitative estimate of drug-likeness (QED) is 0.479. The van der Waals surface area contributed by atoms with Gasteiger partial charge in [-0.3, -0.25) is 4.79 Å². The number of nitrogens with zero attached hydrogens (tertiary/aromatic N) is 5. The molecule has 1 saturated heterocycles. The molecule has 168 valence electrons. The van der Waals surface area contributed by atoms with Gasteiger partial charge in [0.25, 0.3) is 11.6 Å². The molecule has 9 nitrogen and oxygen atoms in total. The maximum absolute atomic E-state index is 12.6.